The van der Waals surface area contributed by atoms with E-state index in [1.54, 1.807) is 13.2 Å². The van der Waals surface area contributed by atoms with Crippen LogP contribution in [0.2, 0.25) is 0 Å². The van der Waals surface area contributed by atoms with Gasteiger partial charge < -0.3 is 19.9 Å². The summed E-state index contributed by atoms with van der Waals surface area (Å²) in [4.78, 5) is 2.33. The monoisotopic (exact) mass is 288 g/mol. The van der Waals surface area contributed by atoms with Gasteiger partial charge in [-0.1, -0.05) is 0 Å². The van der Waals surface area contributed by atoms with Gasteiger partial charge in [-0.05, 0) is 0 Å². The number of rotatable bonds is 5. The van der Waals surface area contributed by atoms with Crippen LogP contribution >= 0.6 is 12.4 Å². The van der Waals surface area contributed by atoms with Crippen molar-refractivity contribution in [2.24, 2.45) is 0 Å². The average molecular weight is 289 g/mol. The van der Waals surface area contributed by atoms with Gasteiger partial charge in [-0.15, -0.1) is 12.4 Å². The SMILES string of the molecule is COc1cc(N)cc(OCCN2CCOCC2)c1.Cl. The van der Waals surface area contributed by atoms with Gasteiger partial charge in [0.05, 0.1) is 20.3 Å². The van der Waals surface area contributed by atoms with Crippen molar-refractivity contribution in [3.63, 3.8) is 0 Å². The van der Waals surface area contributed by atoms with Crippen molar-refractivity contribution in [3.8, 4) is 11.5 Å². The van der Waals surface area contributed by atoms with E-state index in [-0.39, 0.29) is 12.4 Å². The van der Waals surface area contributed by atoms with Crippen LogP contribution in [0.3, 0.4) is 0 Å². The number of morpholine rings is 1. The van der Waals surface area contributed by atoms with E-state index in [4.69, 9.17) is 19.9 Å². The highest BCUT2D eigenvalue weighted by Crippen LogP contribution is 2.23. The standard InChI is InChI=1S/C13H20N2O3.ClH/c1-16-12-8-11(14)9-13(10-12)18-7-4-15-2-5-17-6-3-15;/h8-10H,2-7,14H2,1H3;1H. The minimum atomic E-state index is 0. The molecule has 1 saturated heterocycles. The highest BCUT2D eigenvalue weighted by molar-refractivity contribution is 5.85. The molecule has 2 rings (SSSR count). The second-order valence-electron chi connectivity index (χ2n) is 4.24. The van der Waals surface area contributed by atoms with E-state index < -0.39 is 0 Å². The van der Waals surface area contributed by atoms with Gasteiger partial charge in [0.25, 0.3) is 0 Å². The summed E-state index contributed by atoms with van der Waals surface area (Å²) in [5.41, 5.74) is 6.41. The van der Waals surface area contributed by atoms with Crippen LogP contribution < -0.4 is 15.2 Å². The van der Waals surface area contributed by atoms with Crippen LogP contribution in [-0.2, 0) is 4.74 Å². The topological polar surface area (TPSA) is 57.0 Å². The van der Waals surface area contributed by atoms with E-state index in [0.717, 1.165) is 44.3 Å². The number of benzene rings is 1. The van der Waals surface area contributed by atoms with Gasteiger partial charge in [0.2, 0.25) is 0 Å². The lowest BCUT2D eigenvalue weighted by Gasteiger charge is -2.26. The Hall–Kier alpha value is -1.17. The molecule has 5 nitrogen and oxygen atoms in total. The van der Waals surface area contributed by atoms with Crippen molar-refractivity contribution in [3.05, 3.63) is 18.2 Å². The molecule has 1 fully saturated rings. The molecule has 1 aliphatic rings. The second-order valence-corrected chi connectivity index (χ2v) is 4.24. The summed E-state index contributed by atoms with van der Waals surface area (Å²) in [7, 11) is 1.62. The maximum absolute atomic E-state index is 5.76. The van der Waals surface area contributed by atoms with Crippen LogP contribution in [0.15, 0.2) is 18.2 Å². The summed E-state index contributed by atoms with van der Waals surface area (Å²) >= 11 is 0. The fraction of sp³-hybridized carbons (Fsp3) is 0.538. The molecule has 108 valence electrons. The maximum Gasteiger partial charge on any atom is 0.125 e. The van der Waals surface area contributed by atoms with Crippen molar-refractivity contribution in [1.29, 1.82) is 0 Å². The van der Waals surface area contributed by atoms with Gasteiger partial charge in [0, 0.05) is 43.5 Å². The zero-order valence-corrected chi connectivity index (χ0v) is 11.9. The lowest BCUT2D eigenvalue weighted by atomic mass is 10.3. The molecular formula is C13H21ClN2O3. The Morgan fingerprint density at radius 3 is 2.58 bits per heavy atom. The fourth-order valence-corrected chi connectivity index (χ4v) is 1.91. The van der Waals surface area contributed by atoms with Crippen molar-refractivity contribution in [2.45, 2.75) is 0 Å². The highest BCUT2D eigenvalue weighted by atomic mass is 35.5. The van der Waals surface area contributed by atoms with Crippen molar-refractivity contribution >= 4 is 18.1 Å². The van der Waals surface area contributed by atoms with Gasteiger partial charge in [-0.25, -0.2) is 0 Å². The number of hydrogen-bond donors (Lipinski definition) is 1. The van der Waals surface area contributed by atoms with E-state index in [1.165, 1.54) is 0 Å². The Morgan fingerprint density at radius 1 is 1.21 bits per heavy atom. The van der Waals surface area contributed by atoms with Gasteiger partial charge in [0.1, 0.15) is 18.1 Å². The second kappa shape index (κ2) is 8.09. The quantitative estimate of drug-likeness (QED) is 0.830. The van der Waals surface area contributed by atoms with Gasteiger partial charge in [-0.3, -0.25) is 4.90 Å². The minimum Gasteiger partial charge on any atom is -0.497 e. The lowest BCUT2D eigenvalue weighted by molar-refractivity contribution is 0.0322. The summed E-state index contributed by atoms with van der Waals surface area (Å²) in [5, 5.41) is 0. The number of nitrogens with two attached hydrogens (primary N) is 1. The number of anilines is 1. The molecule has 0 aromatic heterocycles. The molecule has 0 aliphatic carbocycles. The van der Waals surface area contributed by atoms with E-state index in [9.17, 15) is 0 Å². The molecule has 19 heavy (non-hydrogen) atoms. The molecule has 1 heterocycles. The normalized spacial score (nSPS) is 15.6. The highest BCUT2D eigenvalue weighted by Gasteiger charge is 2.09. The molecule has 0 unspecified atom stereocenters. The lowest BCUT2D eigenvalue weighted by Crippen LogP contribution is -2.38. The third kappa shape index (κ3) is 5.14. The molecule has 0 bridgehead atoms. The molecule has 0 saturated carbocycles. The Kier molecular flexibility index (Phi) is 6.77. The summed E-state index contributed by atoms with van der Waals surface area (Å²) in [5.74, 6) is 1.47. The van der Waals surface area contributed by atoms with E-state index >= 15 is 0 Å². The number of methoxy groups -OCH3 is 1. The first-order chi connectivity index (χ1) is 8.78. The van der Waals surface area contributed by atoms with Crippen LogP contribution in [0.5, 0.6) is 11.5 Å². The van der Waals surface area contributed by atoms with Crippen molar-refractivity contribution in [1.82, 2.24) is 4.90 Å². The summed E-state index contributed by atoms with van der Waals surface area (Å²) < 4.78 is 16.1. The molecule has 6 heteroatoms. The predicted octanol–water partition coefficient (Wildman–Crippen LogP) is 1.41. The summed E-state index contributed by atoms with van der Waals surface area (Å²) in [6.07, 6.45) is 0. The van der Waals surface area contributed by atoms with Crippen LogP contribution in [0.4, 0.5) is 5.69 Å². The van der Waals surface area contributed by atoms with Crippen LogP contribution in [0.1, 0.15) is 0 Å². The molecular weight excluding hydrogens is 268 g/mol. The Morgan fingerprint density at radius 2 is 1.89 bits per heavy atom. The number of nitrogens with zero attached hydrogens (tertiary/aromatic N) is 1. The molecule has 0 radical (unpaired) electrons. The molecule has 0 amide bonds. The first kappa shape index (κ1) is 15.9. The number of nitrogen functional groups attached to an aromatic ring is 1. The average Bonchev–Trinajstić information content (AvgIpc) is 2.39. The predicted molar refractivity (Wildman–Crippen MR) is 77.4 cm³/mol. The van der Waals surface area contributed by atoms with E-state index in [1.807, 2.05) is 12.1 Å². The molecule has 1 aliphatic heterocycles. The maximum atomic E-state index is 5.76. The summed E-state index contributed by atoms with van der Waals surface area (Å²) in [6, 6.07) is 5.42. The first-order valence-electron chi connectivity index (χ1n) is 6.15. The van der Waals surface area contributed by atoms with Crippen molar-refractivity contribution in [2.75, 3.05) is 52.3 Å². The number of ether oxygens (including phenoxy) is 3. The van der Waals surface area contributed by atoms with E-state index in [0.29, 0.717) is 12.3 Å². The van der Waals surface area contributed by atoms with Gasteiger partial charge in [0.15, 0.2) is 0 Å². The molecule has 0 atom stereocenters. The van der Waals surface area contributed by atoms with Gasteiger partial charge >= 0.3 is 0 Å². The minimum absolute atomic E-state index is 0. The van der Waals surface area contributed by atoms with Crippen LogP contribution in [-0.4, -0.2) is 51.5 Å². The first-order valence-corrected chi connectivity index (χ1v) is 6.15. The smallest absolute Gasteiger partial charge is 0.125 e. The van der Waals surface area contributed by atoms with Crippen LogP contribution in [0, 0.1) is 0 Å². The third-order valence-corrected chi connectivity index (χ3v) is 2.92. The fourth-order valence-electron chi connectivity index (χ4n) is 1.91. The van der Waals surface area contributed by atoms with Crippen molar-refractivity contribution < 1.29 is 14.2 Å². The molecule has 0 spiro atoms. The van der Waals surface area contributed by atoms with Gasteiger partial charge in [-0.2, -0.15) is 0 Å². The Labute approximate surface area is 120 Å². The third-order valence-electron chi connectivity index (χ3n) is 2.92. The van der Waals surface area contributed by atoms with E-state index in [2.05, 4.69) is 4.90 Å². The zero-order chi connectivity index (χ0) is 12.8. The number of halogens is 1. The Balaban J connectivity index is 0.00000180. The number of hydrogen-bond acceptors (Lipinski definition) is 5. The largest absolute Gasteiger partial charge is 0.497 e. The molecule has 1 aromatic rings. The van der Waals surface area contributed by atoms with Crippen LogP contribution in [0.25, 0.3) is 0 Å². The Bertz CT molecular complexity index is 384. The zero-order valence-electron chi connectivity index (χ0n) is 11.1. The molecule has 2 N–H and O–H groups in total. The summed E-state index contributed by atoms with van der Waals surface area (Å²) in [6.45, 7) is 5.12. The molecule has 1 aromatic carbocycles.